The summed E-state index contributed by atoms with van der Waals surface area (Å²) >= 11 is 0. The highest BCUT2D eigenvalue weighted by molar-refractivity contribution is 5.98. The third-order valence-corrected chi connectivity index (χ3v) is 10.3. The molecule has 4 saturated heterocycles. The van der Waals surface area contributed by atoms with Crippen molar-refractivity contribution in [2.24, 2.45) is 0 Å². The molecule has 16 heteroatoms. The molecule has 0 saturated carbocycles. The average molecular weight is 743 g/mol. The molecule has 3 N–H and O–H groups in total. The first kappa shape index (κ1) is 39.3. The predicted molar refractivity (Wildman–Crippen MR) is 185 cm³/mol. The second kappa shape index (κ2) is 17.3. The van der Waals surface area contributed by atoms with Gasteiger partial charge in [-0.3, -0.25) is 28.8 Å². The largest absolute Gasteiger partial charge is 0.458 e. The van der Waals surface area contributed by atoms with E-state index in [-0.39, 0.29) is 44.5 Å². The number of carbonyl (C=O) groups excluding carboxylic acids is 7. The minimum atomic E-state index is -1.58. The number of hydrogen-bond acceptors (Lipinski definition) is 8. The number of esters is 1. The molecule has 5 rings (SSSR count). The molecule has 7 atom stereocenters. The van der Waals surface area contributed by atoms with Crippen molar-refractivity contribution in [1.82, 2.24) is 30.7 Å². The summed E-state index contributed by atoms with van der Waals surface area (Å²) < 4.78 is 34.1. The van der Waals surface area contributed by atoms with Crippen LogP contribution in [0.25, 0.3) is 0 Å². The molecule has 0 aliphatic carbocycles. The zero-order valence-corrected chi connectivity index (χ0v) is 30.3. The maximum absolute atomic E-state index is 14.5. The lowest BCUT2D eigenvalue weighted by Gasteiger charge is -2.39. The summed E-state index contributed by atoms with van der Waals surface area (Å²) in [7, 11) is 0. The van der Waals surface area contributed by atoms with E-state index in [2.05, 4.69) is 16.0 Å². The first-order valence-electron chi connectivity index (χ1n) is 18.4. The van der Waals surface area contributed by atoms with Crippen LogP contribution in [-0.4, -0.2) is 118 Å². The molecule has 0 aromatic heterocycles. The van der Waals surface area contributed by atoms with Crippen LogP contribution in [0.3, 0.4) is 0 Å². The van der Waals surface area contributed by atoms with Gasteiger partial charge in [0.1, 0.15) is 54.0 Å². The molecule has 4 fully saturated rings. The predicted octanol–water partition coefficient (Wildman–Crippen LogP) is 1.26. The number of hydrogen-bond donors (Lipinski definition) is 3. The Balaban J connectivity index is 1.50. The third kappa shape index (κ3) is 9.19. The smallest absolute Gasteiger partial charge is 0.329 e. The summed E-state index contributed by atoms with van der Waals surface area (Å²) in [6.07, 6.45) is 4.74. The molecule has 1 aromatic rings. The summed E-state index contributed by atoms with van der Waals surface area (Å²) in [5.41, 5.74) is 0.0526. The van der Waals surface area contributed by atoms with E-state index in [4.69, 9.17) is 4.74 Å². The summed E-state index contributed by atoms with van der Waals surface area (Å²) in [4.78, 5) is 100. The van der Waals surface area contributed by atoms with Gasteiger partial charge in [-0.1, -0.05) is 13.0 Å². The first-order valence-corrected chi connectivity index (χ1v) is 18.4. The normalized spacial score (nSPS) is 27.9. The maximum atomic E-state index is 14.5. The van der Waals surface area contributed by atoms with Crippen molar-refractivity contribution in [2.45, 2.75) is 121 Å². The molecule has 4 heterocycles. The molecular formula is C37H48F2N6O8. The molecule has 53 heavy (non-hydrogen) atoms. The van der Waals surface area contributed by atoms with Gasteiger partial charge in [0, 0.05) is 32.1 Å². The molecule has 0 unspecified atom stereocenters. The van der Waals surface area contributed by atoms with Crippen LogP contribution in [0.15, 0.2) is 30.4 Å². The van der Waals surface area contributed by atoms with Gasteiger partial charge in [0.05, 0.1) is 0 Å². The van der Waals surface area contributed by atoms with Crippen molar-refractivity contribution in [3.8, 4) is 0 Å². The minimum absolute atomic E-state index is 0.0526. The lowest BCUT2D eigenvalue weighted by Crippen LogP contribution is -2.63. The molecule has 14 nitrogen and oxygen atoms in total. The van der Waals surface area contributed by atoms with Crippen molar-refractivity contribution >= 4 is 41.4 Å². The topological polar surface area (TPSA) is 175 Å². The van der Waals surface area contributed by atoms with E-state index in [0.29, 0.717) is 44.6 Å². The number of nitrogens with one attached hydrogen (secondary N) is 3. The van der Waals surface area contributed by atoms with Crippen LogP contribution >= 0.6 is 0 Å². The summed E-state index contributed by atoms with van der Waals surface area (Å²) in [5.74, 6) is -6.37. The number of ether oxygens (including phenoxy) is 1. The Morgan fingerprint density at radius 3 is 2.13 bits per heavy atom. The standard InChI is InChI=1S/C37H48F2N6O8/c1-4-5-13-30(46)41-26(19-23-17-24(38)20-25(39)18-23)32(47)42-31-22(3)53-37(52)29-12-9-16-45(29)34(49)21(2)40-33(48)27-10-6-7-14-43(27)35(50)28-11-8-15-44(28)36(31)51/h5,13,17-18,20-22,26-29,31H,4,6-12,14-16,19H2,1-3H3,(H,40,48)(H,41,46)(H,42,47)/b13-5+/t21-,22-,26-,27-,28-,29-,31-/m0/s1. The Kier molecular flexibility index (Phi) is 12.8. The molecule has 4 aliphatic heterocycles. The van der Waals surface area contributed by atoms with E-state index >= 15 is 0 Å². The Bertz CT molecular complexity index is 1620. The number of fused-ring (bicyclic) bond motifs is 3. The highest BCUT2D eigenvalue weighted by atomic mass is 19.1. The van der Waals surface area contributed by atoms with E-state index < -0.39 is 95.4 Å². The van der Waals surface area contributed by atoms with E-state index in [1.165, 1.54) is 34.6 Å². The Morgan fingerprint density at radius 1 is 0.849 bits per heavy atom. The van der Waals surface area contributed by atoms with Crippen LogP contribution in [0.1, 0.15) is 77.7 Å². The summed E-state index contributed by atoms with van der Waals surface area (Å²) in [6, 6.07) is -4.18. The van der Waals surface area contributed by atoms with Gasteiger partial charge in [0.15, 0.2) is 0 Å². The van der Waals surface area contributed by atoms with Gasteiger partial charge >= 0.3 is 5.97 Å². The molecule has 0 bridgehead atoms. The monoisotopic (exact) mass is 742 g/mol. The number of cyclic esters (lactones) is 1. The fraction of sp³-hybridized carbons (Fsp3) is 0.595. The van der Waals surface area contributed by atoms with Gasteiger partial charge in [-0.05, 0) is 89.0 Å². The van der Waals surface area contributed by atoms with Gasteiger partial charge in [-0.15, -0.1) is 0 Å². The maximum Gasteiger partial charge on any atom is 0.329 e. The summed E-state index contributed by atoms with van der Waals surface area (Å²) in [6.45, 7) is 5.36. The van der Waals surface area contributed by atoms with Gasteiger partial charge in [0.25, 0.3) is 0 Å². The fourth-order valence-corrected chi connectivity index (χ4v) is 7.60. The molecule has 0 radical (unpaired) electrons. The van der Waals surface area contributed by atoms with Crippen molar-refractivity contribution < 1.29 is 47.1 Å². The Hall–Kier alpha value is -4.89. The number of piperidine rings is 1. The lowest BCUT2D eigenvalue weighted by molar-refractivity contribution is -0.163. The average Bonchev–Trinajstić information content (AvgIpc) is 3.82. The second-order valence-electron chi connectivity index (χ2n) is 14.1. The zero-order valence-electron chi connectivity index (χ0n) is 30.3. The van der Waals surface area contributed by atoms with Gasteiger partial charge in [-0.2, -0.15) is 0 Å². The Morgan fingerprint density at radius 2 is 1.45 bits per heavy atom. The van der Waals surface area contributed by atoms with Crippen molar-refractivity contribution in [2.75, 3.05) is 19.6 Å². The minimum Gasteiger partial charge on any atom is -0.458 e. The number of carbonyl (C=O) groups is 7. The first-order chi connectivity index (χ1) is 25.3. The van der Waals surface area contributed by atoms with E-state index in [9.17, 15) is 42.3 Å². The molecular weight excluding hydrogens is 694 g/mol. The number of benzene rings is 1. The molecule has 288 valence electrons. The molecule has 6 amide bonds. The van der Waals surface area contributed by atoms with Gasteiger partial charge < -0.3 is 35.4 Å². The summed E-state index contributed by atoms with van der Waals surface area (Å²) in [5, 5.41) is 7.89. The number of allylic oxidation sites excluding steroid dienone is 1. The highest BCUT2D eigenvalue weighted by Gasteiger charge is 2.46. The van der Waals surface area contributed by atoms with Crippen LogP contribution in [-0.2, 0) is 44.7 Å². The molecule has 0 spiro atoms. The van der Waals surface area contributed by atoms with Crippen LogP contribution in [0, 0.1) is 11.6 Å². The molecule has 1 aromatic carbocycles. The number of rotatable bonds is 7. The van der Waals surface area contributed by atoms with E-state index in [1.807, 2.05) is 0 Å². The van der Waals surface area contributed by atoms with Crippen molar-refractivity contribution in [3.63, 3.8) is 0 Å². The Labute approximate surface area is 307 Å². The number of nitrogens with zero attached hydrogens (tertiary/aromatic N) is 3. The lowest BCUT2D eigenvalue weighted by atomic mass is 9.99. The van der Waals surface area contributed by atoms with E-state index in [1.54, 1.807) is 13.0 Å². The quantitative estimate of drug-likeness (QED) is 0.277. The van der Waals surface area contributed by atoms with Crippen LogP contribution in [0.4, 0.5) is 8.78 Å². The van der Waals surface area contributed by atoms with E-state index in [0.717, 1.165) is 12.1 Å². The number of amides is 6. The number of halogens is 2. The van der Waals surface area contributed by atoms with Gasteiger partial charge in [-0.25, -0.2) is 13.6 Å². The van der Waals surface area contributed by atoms with Gasteiger partial charge in [0.2, 0.25) is 35.4 Å². The second-order valence-corrected chi connectivity index (χ2v) is 14.1. The SMILES string of the molecule is CC/C=C/C(=O)N[C@@H](Cc1cc(F)cc(F)c1)C(=O)N[C@@H]1C(=O)N2CCC[C@H]2C(=O)N2CCCC[C@H]2C(=O)N[C@@H](C)C(=O)N2CCC[C@H]2C(=O)O[C@H]1C. The highest BCUT2D eigenvalue weighted by Crippen LogP contribution is 2.27. The van der Waals surface area contributed by atoms with Crippen molar-refractivity contribution in [1.29, 1.82) is 0 Å². The zero-order chi connectivity index (χ0) is 38.4. The fourth-order valence-electron chi connectivity index (χ4n) is 7.60. The van der Waals surface area contributed by atoms with Crippen molar-refractivity contribution in [3.05, 3.63) is 47.5 Å². The van der Waals surface area contributed by atoms with Crippen LogP contribution in [0.2, 0.25) is 0 Å². The third-order valence-electron chi connectivity index (χ3n) is 10.3. The van der Waals surface area contributed by atoms with Crippen LogP contribution in [0.5, 0.6) is 0 Å². The van der Waals surface area contributed by atoms with Crippen LogP contribution < -0.4 is 16.0 Å². The molecule has 4 aliphatic rings.